The molecular formula is C14H13N3O4S. The van der Waals surface area contributed by atoms with Crippen LogP contribution in [0.15, 0.2) is 33.5 Å². The van der Waals surface area contributed by atoms with Crippen molar-refractivity contribution in [3.63, 3.8) is 0 Å². The molecule has 0 saturated carbocycles. The van der Waals surface area contributed by atoms with Gasteiger partial charge >= 0.3 is 5.63 Å². The van der Waals surface area contributed by atoms with Gasteiger partial charge in [-0.2, -0.15) is 0 Å². The Morgan fingerprint density at radius 1 is 1.36 bits per heavy atom. The van der Waals surface area contributed by atoms with Gasteiger partial charge in [0.2, 0.25) is 17.7 Å². The van der Waals surface area contributed by atoms with Gasteiger partial charge in [-0.15, -0.1) is 11.8 Å². The Bertz CT molecular complexity index is 804. The summed E-state index contributed by atoms with van der Waals surface area (Å²) in [6.07, 6.45) is -0.142. The number of thioether (sulfide) groups is 1. The van der Waals surface area contributed by atoms with Crippen LogP contribution in [-0.4, -0.2) is 34.2 Å². The molecule has 0 bridgehead atoms. The van der Waals surface area contributed by atoms with Crippen molar-refractivity contribution >= 4 is 34.5 Å². The zero-order valence-electron chi connectivity index (χ0n) is 11.7. The molecule has 22 heavy (non-hydrogen) atoms. The number of hydrogen-bond donors (Lipinski definition) is 1. The van der Waals surface area contributed by atoms with Crippen LogP contribution in [0.5, 0.6) is 0 Å². The second-order valence-corrected chi connectivity index (χ2v) is 5.89. The highest BCUT2D eigenvalue weighted by atomic mass is 32.2. The number of amides is 2. The van der Waals surface area contributed by atoms with Gasteiger partial charge in [0.25, 0.3) is 0 Å². The summed E-state index contributed by atoms with van der Waals surface area (Å²) in [4.78, 5) is 40.6. The lowest BCUT2D eigenvalue weighted by Crippen LogP contribution is -2.53. The van der Waals surface area contributed by atoms with Gasteiger partial charge in [0, 0.05) is 7.05 Å². The summed E-state index contributed by atoms with van der Waals surface area (Å²) >= 11 is 1.26. The van der Waals surface area contributed by atoms with E-state index in [1.807, 2.05) is 0 Å². The SMILES string of the molecule is CN1C(=O)CC(=O)NC1SCc1nc2ccccc2c(=O)o1. The van der Waals surface area contributed by atoms with Gasteiger partial charge in [0.15, 0.2) is 5.50 Å². The molecule has 1 atom stereocenters. The summed E-state index contributed by atoms with van der Waals surface area (Å²) < 4.78 is 5.17. The van der Waals surface area contributed by atoms with Crippen LogP contribution < -0.4 is 10.9 Å². The quantitative estimate of drug-likeness (QED) is 0.837. The first-order valence-electron chi connectivity index (χ1n) is 6.60. The van der Waals surface area contributed by atoms with Gasteiger partial charge in [0.1, 0.15) is 6.42 Å². The number of carbonyl (C=O) groups excluding carboxylic acids is 2. The van der Waals surface area contributed by atoms with Crippen molar-refractivity contribution in [1.29, 1.82) is 0 Å². The van der Waals surface area contributed by atoms with Crippen LogP contribution in [0, 0.1) is 0 Å². The third kappa shape index (κ3) is 2.82. The molecule has 2 amide bonds. The largest absolute Gasteiger partial charge is 0.407 e. The van der Waals surface area contributed by atoms with Crippen LogP contribution in [0.2, 0.25) is 0 Å². The second-order valence-electron chi connectivity index (χ2n) is 4.82. The molecule has 2 aromatic rings. The molecule has 1 aliphatic rings. The maximum atomic E-state index is 11.9. The maximum absolute atomic E-state index is 11.9. The first-order valence-corrected chi connectivity index (χ1v) is 7.65. The lowest BCUT2D eigenvalue weighted by atomic mass is 10.2. The predicted molar refractivity (Wildman–Crippen MR) is 80.9 cm³/mol. The molecule has 3 rings (SSSR count). The lowest BCUT2D eigenvalue weighted by Gasteiger charge is -2.32. The highest BCUT2D eigenvalue weighted by Gasteiger charge is 2.29. The molecule has 2 heterocycles. The molecule has 7 nitrogen and oxygen atoms in total. The molecule has 1 aliphatic heterocycles. The van der Waals surface area contributed by atoms with E-state index in [9.17, 15) is 14.4 Å². The van der Waals surface area contributed by atoms with E-state index in [4.69, 9.17) is 4.42 Å². The number of hydrogen-bond acceptors (Lipinski definition) is 6. The summed E-state index contributed by atoms with van der Waals surface area (Å²) in [5.74, 6) is -0.0279. The molecule has 1 unspecified atom stereocenters. The van der Waals surface area contributed by atoms with Crippen molar-refractivity contribution in [1.82, 2.24) is 15.2 Å². The molecular weight excluding hydrogens is 306 g/mol. The minimum absolute atomic E-state index is 0.142. The smallest absolute Gasteiger partial charge is 0.346 e. The fraction of sp³-hybridized carbons (Fsp3) is 0.286. The van der Waals surface area contributed by atoms with Gasteiger partial charge in [-0.05, 0) is 12.1 Å². The first-order chi connectivity index (χ1) is 10.5. The van der Waals surface area contributed by atoms with Crippen LogP contribution >= 0.6 is 11.8 Å². The fourth-order valence-electron chi connectivity index (χ4n) is 2.11. The first kappa shape index (κ1) is 14.6. The van der Waals surface area contributed by atoms with Crippen LogP contribution in [-0.2, 0) is 15.3 Å². The summed E-state index contributed by atoms with van der Waals surface area (Å²) in [5, 5.41) is 3.13. The van der Waals surface area contributed by atoms with E-state index in [0.717, 1.165) is 0 Å². The number of fused-ring (bicyclic) bond motifs is 1. The minimum Gasteiger partial charge on any atom is -0.407 e. The number of aromatic nitrogens is 1. The molecule has 0 radical (unpaired) electrons. The average molecular weight is 319 g/mol. The van der Waals surface area contributed by atoms with E-state index in [1.54, 1.807) is 31.3 Å². The van der Waals surface area contributed by atoms with Crippen molar-refractivity contribution in [2.75, 3.05) is 7.05 Å². The maximum Gasteiger partial charge on any atom is 0.346 e. The topological polar surface area (TPSA) is 92.5 Å². The van der Waals surface area contributed by atoms with Crippen LogP contribution in [0.1, 0.15) is 12.3 Å². The molecule has 0 aliphatic carbocycles. The molecule has 1 fully saturated rings. The fourth-order valence-corrected chi connectivity index (χ4v) is 3.09. The third-order valence-electron chi connectivity index (χ3n) is 3.29. The van der Waals surface area contributed by atoms with E-state index >= 15 is 0 Å². The Hall–Kier alpha value is -2.35. The minimum atomic E-state index is -0.493. The van der Waals surface area contributed by atoms with Crippen molar-refractivity contribution in [2.45, 2.75) is 17.7 Å². The number of nitrogens with one attached hydrogen (secondary N) is 1. The Morgan fingerprint density at radius 3 is 2.95 bits per heavy atom. The molecule has 8 heteroatoms. The van der Waals surface area contributed by atoms with Crippen LogP contribution in [0.25, 0.3) is 10.9 Å². The molecule has 1 N–H and O–H groups in total. The van der Waals surface area contributed by atoms with E-state index in [1.165, 1.54) is 16.7 Å². The van der Waals surface area contributed by atoms with Crippen molar-refractivity contribution in [2.24, 2.45) is 0 Å². The Kier molecular flexibility index (Phi) is 3.84. The number of para-hydroxylation sites is 1. The predicted octanol–water partition coefficient (Wildman–Crippen LogP) is 0.683. The Labute approximate surface area is 129 Å². The highest BCUT2D eigenvalue weighted by molar-refractivity contribution is 7.99. The number of carbonyl (C=O) groups is 2. The highest BCUT2D eigenvalue weighted by Crippen LogP contribution is 2.21. The van der Waals surface area contributed by atoms with Gasteiger partial charge in [0.05, 0.1) is 16.7 Å². The van der Waals surface area contributed by atoms with Crippen molar-refractivity contribution in [3.8, 4) is 0 Å². The summed E-state index contributed by atoms with van der Waals surface area (Å²) in [6.45, 7) is 0. The van der Waals surface area contributed by atoms with Crippen LogP contribution in [0.4, 0.5) is 0 Å². The van der Waals surface area contributed by atoms with E-state index in [2.05, 4.69) is 10.3 Å². The second kappa shape index (κ2) is 5.80. The van der Waals surface area contributed by atoms with Gasteiger partial charge in [-0.1, -0.05) is 12.1 Å². The number of nitrogens with zero attached hydrogens (tertiary/aromatic N) is 2. The number of benzene rings is 1. The van der Waals surface area contributed by atoms with E-state index in [0.29, 0.717) is 10.9 Å². The zero-order chi connectivity index (χ0) is 15.7. The normalized spacial score (nSPS) is 18.6. The van der Waals surface area contributed by atoms with Gasteiger partial charge < -0.3 is 14.6 Å². The standard InChI is InChI=1S/C14H13N3O4S/c1-17-12(19)6-10(18)16-14(17)22-7-11-15-9-5-3-2-4-8(9)13(20)21-11/h2-5,14H,6-7H2,1H3,(H,16,18). The molecule has 0 spiro atoms. The molecule has 1 aromatic carbocycles. The third-order valence-corrected chi connectivity index (χ3v) is 4.45. The molecule has 1 aromatic heterocycles. The molecule has 1 saturated heterocycles. The summed E-state index contributed by atoms with van der Waals surface area (Å²) in [7, 11) is 1.61. The van der Waals surface area contributed by atoms with E-state index in [-0.39, 0.29) is 29.9 Å². The lowest BCUT2D eigenvalue weighted by molar-refractivity contribution is -0.141. The van der Waals surface area contributed by atoms with Gasteiger partial charge in [-0.3, -0.25) is 9.59 Å². The van der Waals surface area contributed by atoms with E-state index < -0.39 is 11.1 Å². The molecule has 114 valence electrons. The van der Waals surface area contributed by atoms with Gasteiger partial charge in [-0.25, -0.2) is 9.78 Å². The summed E-state index contributed by atoms with van der Waals surface area (Å²) in [5.41, 5.74) is -0.378. The Balaban J connectivity index is 1.78. The number of rotatable bonds is 3. The van der Waals surface area contributed by atoms with Crippen molar-refractivity contribution < 1.29 is 14.0 Å². The Morgan fingerprint density at radius 2 is 2.14 bits per heavy atom. The van der Waals surface area contributed by atoms with Crippen LogP contribution in [0.3, 0.4) is 0 Å². The zero-order valence-corrected chi connectivity index (χ0v) is 12.6. The summed E-state index contributed by atoms with van der Waals surface area (Å²) in [6, 6.07) is 6.92. The monoisotopic (exact) mass is 319 g/mol. The van der Waals surface area contributed by atoms with Crippen molar-refractivity contribution in [3.05, 3.63) is 40.6 Å². The average Bonchev–Trinajstić information content (AvgIpc) is 2.49.